The van der Waals surface area contributed by atoms with Crippen LogP contribution in [-0.2, 0) is 16.1 Å². The molecular formula is C15H22ClFN2O2. The zero-order valence-corrected chi connectivity index (χ0v) is 12.9. The average Bonchev–Trinajstić information content (AvgIpc) is 2.46. The minimum Gasteiger partial charge on any atom is -0.380 e. The number of nitrogens with zero attached hydrogens (tertiary/aromatic N) is 1. The van der Waals surface area contributed by atoms with Crippen LogP contribution in [0.4, 0.5) is 4.39 Å². The molecule has 1 unspecified atom stereocenters. The highest BCUT2D eigenvalue weighted by atomic mass is 35.5. The second-order valence-electron chi connectivity index (χ2n) is 4.45. The van der Waals surface area contributed by atoms with Gasteiger partial charge < -0.3 is 15.4 Å². The van der Waals surface area contributed by atoms with Gasteiger partial charge in [0.05, 0.1) is 12.5 Å². The topological polar surface area (TPSA) is 55.6 Å². The van der Waals surface area contributed by atoms with E-state index in [1.807, 2.05) is 0 Å². The molecule has 0 bridgehead atoms. The summed E-state index contributed by atoms with van der Waals surface area (Å²) < 4.78 is 18.7. The molecule has 0 aliphatic carbocycles. The van der Waals surface area contributed by atoms with Gasteiger partial charge in [-0.05, 0) is 6.07 Å². The van der Waals surface area contributed by atoms with Gasteiger partial charge in [0.15, 0.2) is 0 Å². The standard InChI is InChI=1S/C15H21FN2O2.ClH/c1-3-8-18(15(19)9-13(10-17)20-2)11-12-6-4-5-7-14(12)16;/h3-7,13H,1,8-11,17H2,2H3;1H. The minimum atomic E-state index is -0.324. The Kier molecular flexibility index (Phi) is 9.62. The van der Waals surface area contributed by atoms with E-state index in [9.17, 15) is 9.18 Å². The molecule has 1 rings (SSSR count). The minimum absolute atomic E-state index is 0. The van der Waals surface area contributed by atoms with Gasteiger partial charge in [-0.3, -0.25) is 4.79 Å². The maximum absolute atomic E-state index is 13.6. The molecule has 0 saturated carbocycles. The molecule has 1 atom stereocenters. The highest BCUT2D eigenvalue weighted by Crippen LogP contribution is 2.12. The lowest BCUT2D eigenvalue weighted by Crippen LogP contribution is -2.36. The molecular weight excluding hydrogens is 295 g/mol. The van der Waals surface area contributed by atoms with Crippen LogP contribution in [0.3, 0.4) is 0 Å². The molecule has 0 heterocycles. The lowest BCUT2D eigenvalue weighted by Gasteiger charge is -2.23. The van der Waals surface area contributed by atoms with E-state index in [1.165, 1.54) is 18.1 Å². The Morgan fingerprint density at radius 2 is 2.19 bits per heavy atom. The first kappa shape index (κ1) is 19.6. The molecule has 0 radical (unpaired) electrons. The van der Waals surface area contributed by atoms with Crippen LogP contribution < -0.4 is 5.73 Å². The Balaban J connectivity index is 0.00000400. The van der Waals surface area contributed by atoms with Crippen LogP contribution in [0.25, 0.3) is 0 Å². The molecule has 0 aliphatic rings. The summed E-state index contributed by atoms with van der Waals surface area (Å²) in [5.74, 6) is -0.457. The van der Waals surface area contributed by atoms with E-state index in [-0.39, 0.29) is 49.7 Å². The number of rotatable bonds is 8. The van der Waals surface area contributed by atoms with Crippen molar-refractivity contribution in [3.63, 3.8) is 0 Å². The third kappa shape index (κ3) is 6.25. The Morgan fingerprint density at radius 3 is 2.71 bits per heavy atom. The summed E-state index contributed by atoms with van der Waals surface area (Å²) in [6.07, 6.45) is 1.47. The first-order valence-corrected chi connectivity index (χ1v) is 6.47. The molecule has 21 heavy (non-hydrogen) atoms. The van der Waals surface area contributed by atoms with Crippen molar-refractivity contribution in [2.24, 2.45) is 5.73 Å². The van der Waals surface area contributed by atoms with Gasteiger partial charge >= 0.3 is 0 Å². The quantitative estimate of drug-likeness (QED) is 0.747. The van der Waals surface area contributed by atoms with Crippen molar-refractivity contribution < 1.29 is 13.9 Å². The number of carbonyl (C=O) groups excluding carboxylic acids is 1. The molecule has 0 saturated heterocycles. The number of methoxy groups -OCH3 is 1. The van der Waals surface area contributed by atoms with Crippen molar-refractivity contribution in [1.82, 2.24) is 4.90 Å². The summed E-state index contributed by atoms with van der Waals surface area (Å²) in [5.41, 5.74) is 5.98. The van der Waals surface area contributed by atoms with Crippen LogP contribution in [0, 0.1) is 5.82 Å². The van der Waals surface area contributed by atoms with E-state index in [0.717, 1.165) is 0 Å². The molecule has 4 nitrogen and oxygen atoms in total. The number of benzene rings is 1. The molecule has 2 N–H and O–H groups in total. The summed E-state index contributed by atoms with van der Waals surface area (Å²) in [6.45, 7) is 4.45. The van der Waals surface area contributed by atoms with Crippen LogP contribution >= 0.6 is 12.4 Å². The van der Waals surface area contributed by atoms with Crippen molar-refractivity contribution >= 4 is 18.3 Å². The molecule has 1 amide bonds. The van der Waals surface area contributed by atoms with Crippen LogP contribution in [0.2, 0.25) is 0 Å². The second kappa shape index (κ2) is 10.3. The Morgan fingerprint density at radius 1 is 1.52 bits per heavy atom. The van der Waals surface area contributed by atoms with E-state index in [0.29, 0.717) is 12.1 Å². The van der Waals surface area contributed by atoms with Gasteiger partial charge in [0.1, 0.15) is 5.82 Å². The van der Waals surface area contributed by atoms with Gasteiger partial charge in [0.25, 0.3) is 0 Å². The number of carbonyl (C=O) groups is 1. The van der Waals surface area contributed by atoms with Crippen molar-refractivity contribution in [3.05, 3.63) is 48.3 Å². The fourth-order valence-electron chi connectivity index (χ4n) is 1.83. The first-order valence-electron chi connectivity index (χ1n) is 6.47. The molecule has 1 aromatic rings. The fraction of sp³-hybridized carbons (Fsp3) is 0.400. The van der Waals surface area contributed by atoms with E-state index in [4.69, 9.17) is 10.5 Å². The smallest absolute Gasteiger partial charge is 0.225 e. The Labute approximate surface area is 131 Å². The molecule has 0 fully saturated rings. The predicted octanol–water partition coefficient (Wildman–Crippen LogP) is 2.13. The SMILES string of the molecule is C=CCN(Cc1ccccc1F)C(=O)CC(CN)OC.Cl. The van der Waals surface area contributed by atoms with Gasteiger partial charge in [-0.2, -0.15) is 0 Å². The monoisotopic (exact) mass is 316 g/mol. The zero-order chi connectivity index (χ0) is 15.0. The average molecular weight is 317 g/mol. The molecule has 0 spiro atoms. The van der Waals surface area contributed by atoms with Crippen molar-refractivity contribution in [3.8, 4) is 0 Å². The number of halogens is 2. The number of hydrogen-bond acceptors (Lipinski definition) is 3. The molecule has 6 heteroatoms. The van der Waals surface area contributed by atoms with Gasteiger partial charge in [-0.25, -0.2) is 4.39 Å². The summed E-state index contributed by atoms with van der Waals surface area (Å²) in [4.78, 5) is 13.7. The van der Waals surface area contributed by atoms with E-state index in [1.54, 1.807) is 24.3 Å². The number of ether oxygens (including phenoxy) is 1. The normalized spacial score (nSPS) is 11.4. The third-order valence-electron chi connectivity index (χ3n) is 3.02. The summed E-state index contributed by atoms with van der Waals surface area (Å²) in [7, 11) is 1.51. The van der Waals surface area contributed by atoms with Gasteiger partial charge in [0, 0.05) is 32.3 Å². The van der Waals surface area contributed by atoms with Gasteiger partial charge in [-0.1, -0.05) is 24.3 Å². The van der Waals surface area contributed by atoms with E-state index >= 15 is 0 Å². The van der Waals surface area contributed by atoms with E-state index < -0.39 is 0 Å². The van der Waals surface area contributed by atoms with Crippen LogP contribution in [0.1, 0.15) is 12.0 Å². The van der Waals surface area contributed by atoms with Gasteiger partial charge in [-0.15, -0.1) is 19.0 Å². The number of amides is 1. The highest BCUT2D eigenvalue weighted by molar-refractivity contribution is 5.85. The Bertz CT molecular complexity index is 453. The maximum Gasteiger partial charge on any atom is 0.225 e. The predicted molar refractivity (Wildman–Crippen MR) is 83.7 cm³/mol. The third-order valence-corrected chi connectivity index (χ3v) is 3.02. The largest absolute Gasteiger partial charge is 0.380 e. The molecule has 0 aliphatic heterocycles. The fourth-order valence-corrected chi connectivity index (χ4v) is 1.83. The molecule has 118 valence electrons. The first-order chi connectivity index (χ1) is 9.62. The zero-order valence-electron chi connectivity index (χ0n) is 12.1. The number of hydrogen-bond donors (Lipinski definition) is 1. The maximum atomic E-state index is 13.6. The highest BCUT2D eigenvalue weighted by Gasteiger charge is 2.18. The lowest BCUT2D eigenvalue weighted by atomic mass is 10.1. The van der Waals surface area contributed by atoms with Crippen LogP contribution in [0.5, 0.6) is 0 Å². The lowest BCUT2D eigenvalue weighted by molar-refractivity contribution is -0.133. The molecule has 0 aromatic heterocycles. The molecule has 1 aromatic carbocycles. The number of nitrogens with two attached hydrogens (primary N) is 1. The van der Waals surface area contributed by atoms with E-state index in [2.05, 4.69) is 6.58 Å². The van der Waals surface area contributed by atoms with Crippen LogP contribution in [-0.4, -0.2) is 37.1 Å². The van der Waals surface area contributed by atoms with Crippen molar-refractivity contribution in [1.29, 1.82) is 0 Å². The van der Waals surface area contributed by atoms with Crippen LogP contribution in [0.15, 0.2) is 36.9 Å². The summed E-state index contributed by atoms with van der Waals surface area (Å²) in [6, 6.07) is 6.40. The van der Waals surface area contributed by atoms with Crippen molar-refractivity contribution in [2.45, 2.75) is 19.1 Å². The summed E-state index contributed by atoms with van der Waals surface area (Å²) >= 11 is 0. The summed E-state index contributed by atoms with van der Waals surface area (Å²) in [5, 5.41) is 0. The second-order valence-corrected chi connectivity index (χ2v) is 4.45. The Hall–Kier alpha value is -1.43. The van der Waals surface area contributed by atoms with Crippen molar-refractivity contribution in [2.75, 3.05) is 20.2 Å². The van der Waals surface area contributed by atoms with Gasteiger partial charge in [0.2, 0.25) is 5.91 Å².